The van der Waals surface area contributed by atoms with Crippen molar-refractivity contribution in [3.63, 3.8) is 0 Å². The number of carbonyl (C=O) groups excluding carboxylic acids is 1. The van der Waals surface area contributed by atoms with E-state index in [2.05, 4.69) is 5.32 Å². The summed E-state index contributed by atoms with van der Waals surface area (Å²) in [7, 11) is 1.60. The monoisotopic (exact) mass is 291 g/mol. The Bertz CT molecular complexity index is 529. The molecule has 1 amide bonds. The molecule has 0 unspecified atom stereocenters. The maximum Gasteiger partial charge on any atom is 0.307 e. The van der Waals surface area contributed by atoms with Crippen molar-refractivity contribution in [1.82, 2.24) is 5.32 Å². The summed E-state index contributed by atoms with van der Waals surface area (Å²) in [5.41, 5.74) is 0.938. The highest BCUT2D eigenvalue weighted by molar-refractivity contribution is 5.85. The molecule has 1 aromatic carbocycles. The summed E-state index contributed by atoms with van der Waals surface area (Å²) >= 11 is 0. The minimum atomic E-state index is -0.873. The van der Waals surface area contributed by atoms with Crippen LogP contribution in [0.3, 0.4) is 0 Å². The summed E-state index contributed by atoms with van der Waals surface area (Å²) < 4.78 is 5.17. The van der Waals surface area contributed by atoms with Crippen LogP contribution in [-0.2, 0) is 9.59 Å². The first-order chi connectivity index (χ1) is 10.0. The fourth-order valence-electron chi connectivity index (χ4n) is 2.88. The molecule has 5 heteroatoms. The Hall–Kier alpha value is -2.04. The predicted molar refractivity (Wildman–Crippen MR) is 78.0 cm³/mol. The molecule has 0 bridgehead atoms. The Labute approximate surface area is 124 Å². The first-order valence-corrected chi connectivity index (χ1v) is 7.20. The summed E-state index contributed by atoms with van der Waals surface area (Å²) in [6.07, 6.45) is 2.02. The van der Waals surface area contributed by atoms with Gasteiger partial charge in [-0.2, -0.15) is 0 Å². The summed E-state index contributed by atoms with van der Waals surface area (Å²) in [5.74, 6) is -1.28. The van der Waals surface area contributed by atoms with Crippen molar-refractivity contribution in [3.05, 3.63) is 29.8 Å². The number of aliphatic carboxylic acids is 1. The van der Waals surface area contributed by atoms with Crippen molar-refractivity contribution in [2.45, 2.75) is 32.2 Å². The minimum Gasteiger partial charge on any atom is -0.497 e. The van der Waals surface area contributed by atoms with Crippen LogP contribution in [-0.4, -0.2) is 24.1 Å². The molecule has 21 heavy (non-hydrogen) atoms. The molecular weight excluding hydrogens is 270 g/mol. The normalized spacial score (nSPS) is 22.6. The number of ether oxygens (including phenoxy) is 1. The molecule has 0 saturated heterocycles. The number of rotatable bonds is 5. The zero-order valence-corrected chi connectivity index (χ0v) is 12.3. The molecule has 1 aliphatic carbocycles. The quantitative estimate of drug-likeness (QED) is 0.873. The van der Waals surface area contributed by atoms with Crippen molar-refractivity contribution in [2.75, 3.05) is 7.11 Å². The molecular formula is C16H21NO4. The van der Waals surface area contributed by atoms with Gasteiger partial charge in [-0.05, 0) is 37.5 Å². The van der Waals surface area contributed by atoms with Gasteiger partial charge in [0.2, 0.25) is 5.91 Å². The Balaban J connectivity index is 2.03. The van der Waals surface area contributed by atoms with Crippen molar-refractivity contribution in [2.24, 2.45) is 11.8 Å². The molecule has 1 fully saturated rings. The molecule has 2 rings (SSSR count). The van der Waals surface area contributed by atoms with Crippen LogP contribution < -0.4 is 10.1 Å². The van der Waals surface area contributed by atoms with E-state index in [1.807, 2.05) is 31.2 Å². The zero-order valence-electron chi connectivity index (χ0n) is 12.3. The fourth-order valence-corrected chi connectivity index (χ4v) is 2.88. The number of hydrogen-bond donors (Lipinski definition) is 2. The van der Waals surface area contributed by atoms with Crippen LogP contribution in [0.1, 0.15) is 37.8 Å². The summed E-state index contributed by atoms with van der Waals surface area (Å²) in [6.45, 7) is 1.89. The zero-order chi connectivity index (χ0) is 15.4. The van der Waals surface area contributed by atoms with Crippen LogP contribution in [0.2, 0.25) is 0 Å². The van der Waals surface area contributed by atoms with Crippen molar-refractivity contribution < 1.29 is 19.4 Å². The predicted octanol–water partition coefficient (Wildman–Crippen LogP) is 2.37. The highest BCUT2D eigenvalue weighted by Gasteiger charge is 2.38. The van der Waals surface area contributed by atoms with Gasteiger partial charge in [-0.3, -0.25) is 9.59 Å². The molecule has 0 heterocycles. The van der Waals surface area contributed by atoms with Crippen LogP contribution in [0.25, 0.3) is 0 Å². The number of methoxy groups -OCH3 is 1. The van der Waals surface area contributed by atoms with E-state index in [0.29, 0.717) is 12.8 Å². The lowest BCUT2D eigenvalue weighted by Crippen LogP contribution is -2.36. The molecule has 1 saturated carbocycles. The Morgan fingerprint density at radius 1 is 1.33 bits per heavy atom. The summed E-state index contributed by atoms with van der Waals surface area (Å²) in [6, 6.07) is 7.31. The van der Waals surface area contributed by atoms with E-state index in [1.165, 1.54) is 0 Å². The lowest BCUT2D eigenvalue weighted by atomic mass is 9.94. The lowest BCUT2D eigenvalue weighted by Gasteiger charge is -2.20. The molecule has 1 aromatic rings. The molecule has 0 radical (unpaired) electrons. The average Bonchev–Trinajstić information content (AvgIpc) is 2.97. The Kier molecular flexibility index (Phi) is 4.83. The first kappa shape index (κ1) is 15.4. The van der Waals surface area contributed by atoms with Crippen LogP contribution in [0.5, 0.6) is 5.75 Å². The second kappa shape index (κ2) is 6.61. The van der Waals surface area contributed by atoms with E-state index >= 15 is 0 Å². The van der Waals surface area contributed by atoms with E-state index in [9.17, 15) is 9.59 Å². The lowest BCUT2D eigenvalue weighted by molar-refractivity contribution is -0.146. The minimum absolute atomic E-state index is 0.171. The largest absolute Gasteiger partial charge is 0.497 e. The van der Waals surface area contributed by atoms with Crippen LogP contribution >= 0.6 is 0 Å². The van der Waals surface area contributed by atoms with Gasteiger partial charge in [-0.25, -0.2) is 0 Å². The Morgan fingerprint density at radius 2 is 2.05 bits per heavy atom. The van der Waals surface area contributed by atoms with Crippen LogP contribution in [0.15, 0.2) is 24.3 Å². The maximum atomic E-state index is 12.3. The summed E-state index contributed by atoms with van der Waals surface area (Å²) in [4.78, 5) is 23.5. The number of carbonyl (C=O) groups is 2. The van der Waals surface area contributed by atoms with E-state index in [-0.39, 0.29) is 11.9 Å². The topological polar surface area (TPSA) is 75.6 Å². The number of amides is 1. The average molecular weight is 291 g/mol. The first-order valence-electron chi connectivity index (χ1n) is 7.20. The highest BCUT2D eigenvalue weighted by Crippen LogP contribution is 2.32. The van der Waals surface area contributed by atoms with Crippen LogP contribution in [0, 0.1) is 11.8 Å². The van der Waals surface area contributed by atoms with Gasteiger partial charge in [-0.1, -0.05) is 18.6 Å². The molecule has 114 valence electrons. The van der Waals surface area contributed by atoms with E-state index in [0.717, 1.165) is 17.7 Å². The van der Waals surface area contributed by atoms with E-state index < -0.39 is 17.8 Å². The smallest absolute Gasteiger partial charge is 0.307 e. The van der Waals surface area contributed by atoms with Crippen molar-refractivity contribution in [1.29, 1.82) is 0 Å². The molecule has 0 aromatic heterocycles. The van der Waals surface area contributed by atoms with E-state index in [4.69, 9.17) is 9.84 Å². The van der Waals surface area contributed by atoms with Gasteiger partial charge >= 0.3 is 5.97 Å². The number of hydrogen-bond acceptors (Lipinski definition) is 3. The number of nitrogens with one attached hydrogen (secondary N) is 1. The molecule has 0 spiro atoms. The Morgan fingerprint density at radius 3 is 2.71 bits per heavy atom. The third kappa shape index (κ3) is 3.54. The third-order valence-electron chi connectivity index (χ3n) is 4.12. The van der Waals surface area contributed by atoms with Gasteiger partial charge < -0.3 is 15.2 Å². The molecule has 1 aliphatic rings. The van der Waals surface area contributed by atoms with Crippen molar-refractivity contribution in [3.8, 4) is 5.75 Å². The molecule has 0 aliphatic heterocycles. The van der Waals surface area contributed by atoms with Gasteiger partial charge in [0.1, 0.15) is 5.75 Å². The number of benzene rings is 1. The SMILES string of the molecule is COc1cccc([C@@H](C)NC(=O)[C@@H]2CCC[C@@H]2C(=O)O)c1. The molecule has 5 nitrogen and oxygen atoms in total. The van der Waals surface area contributed by atoms with E-state index in [1.54, 1.807) is 7.11 Å². The number of carboxylic acid groups (broad SMARTS) is 1. The third-order valence-corrected chi connectivity index (χ3v) is 4.12. The van der Waals surface area contributed by atoms with Gasteiger partial charge in [0.25, 0.3) is 0 Å². The second-order valence-electron chi connectivity index (χ2n) is 5.49. The second-order valence-corrected chi connectivity index (χ2v) is 5.49. The molecule has 2 N–H and O–H groups in total. The van der Waals surface area contributed by atoms with Gasteiger partial charge in [0.15, 0.2) is 0 Å². The van der Waals surface area contributed by atoms with Crippen molar-refractivity contribution >= 4 is 11.9 Å². The fraction of sp³-hybridized carbons (Fsp3) is 0.500. The highest BCUT2D eigenvalue weighted by atomic mass is 16.5. The van der Waals surface area contributed by atoms with Gasteiger partial charge in [0.05, 0.1) is 25.0 Å². The summed E-state index contributed by atoms with van der Waals surface area (Å²) in [5, 5.41) is 12.1. The number of carboxylic acids is 1. The van der Waals surface area contributed by atoms with Gasteiger partial charge in [-0.15, -0.1) is 0 Å². The standard InChI is InChI=1S/C16H21NO4/c1-10(11-5-3-6-12(9-11)21-2)17-15(18)13-7-4-8-14(13)16(19)20/h3,5-6,9-10,13-14H,4,7-8H2,1-2H3,(H,17,18)(H,19,20)/t10-,13-,14+/m1/s1. The van der Waals surface area contributed by atoms with Crippen LogP contribution in [0.4, 0.5) is 0 Å². The van der Waals surface area contributed by atoms with Gasteiger partial charge in [0, 0.05) is 0 Å². The molecule has 3 atom stereocenters. The maximum absolute atomic E-state index is 12.3.